The van der Waals surface area contributed by atoms with E-state index < -0.39 is 40.1 Å². The Bertz CT molecular complexity index is 341. The molecular formula is Cr2Mn3O12. The van der Waals surface area contributed by atoms with E-state index in [-0.39, 0.29) is 34.7 Å². The Balaban J connectivity index is -0.0000000400. The van der Waals surface area contributed by atoms with Crippen LogP contribution in [0.3, 0.4) is 0 Å². The van der Waals surface area contributed by atoms with Crippen LogP contribution in [0.15, 0.2) is 0 Å². The van der Waals surface area contributed by atoms with Crippen molar-refractivity contribution in [2.24, 2.45) is 0 Å². The average molecular weight is 461 g/mol. The van der Waals surface area contributed by atoms with E-state index in [0.717, 1.165) is 0 Å². The molecule has 17 heteroatoms. The quantitative estimate of drug-likeness (QED) is 0.306. The van der Waals surface area contributed by atoms with Gasteiger partial charge in [-0.2, -0.15) is 0 Å². The summed E-state index contributed by atoms with van der Waals surface area (Å²) < 4.78 is 103. The predicted molar refractivity (Wildman–Crippen MR) is 4.12 cm³/mol. The molecule has 0 unspecified atom stereocenters. The van der Waals surface area contributed by atoms with E-state index in [4.69, 9.17) is 48.1 Å². The molecule has 0 aromatic heterocycles. The summed E-state index contributed by atoms with van der Waals surface area (Å²) in [4.78, 5) is 0. The zero-order valence-corrected chi connectivity index (χ0v) is 12.9. The Morgan fingerprint density at radius 3 is 0.412 bits per heavy atom. The van der Waals surface area contributed by atoms with Gasteiger partial charge in [0.25, 0.3) is 0 Å². The molecule has 0 N–H and O–H groups in total. The summed E-state index contributed by atoms with van der Waals surface area (Å²) in [6.07, 6.45) is 0. The Hall–Kier alpha value is 1.18. The Morgan fingerprint density at radius 2 is 0.412 bits per heavy atom. The summed E-state index contributed by atoms with van der Waals surface area (Å²) >= 11 is -16.9. The molecule has 0 rings (SSSR count). The van der Waals surface area contributed by atoms with Crippen LogP contribution in [0.5, 0.6) is 0 Å². The Labute approximate surface area is 122 Å². The molecule has 0 aliphatic carbocycles. The molecule has 17 heavy (non-hydrogen) atoms. The number of hydrogen-bond acceptors (Lipinski definition) is 12. The van der Waals surface area contributed by atoms with Gasteiger partial charge in [-0.15, -0.1) is 0 Å². The van der Waals surface area contributed by atoms with Crippen molar-refractivity contribution in [3.8, 4) is 0 Å². The minimum absolute atomic E-state index is 0. The third-order valence-corrected chi connectivity index (χ3v) is 0. The summed E-state index contributed by atoms with van der Waals surface area (Å²) in [5.41, 5.74) is 0. The van der Waals surface area contributed by atoms with Gasteiger partial charge in [-0.3, -0.25) is 0 Å². The van der Waals surface area contributed by atoms with Gasteiger partial charge in [0.05, 0.1) is 0 Å². The van der Waals surface area contributed by atoms with Crippen molar-refractivity contribution in [1.29, 1.82) is 0 Å². The third-order valence-electron chi connectivity index (χ3n) is 0. The van der Waals surface area contributed by atoms with E-state index in [0.29, 0.717) is 0 Å². The van der Waals surface area contributed by atoms with Gasteiger partial charge in [0.1, 0.15) is 0 Å². The van der Waals surface area contributed by atoms with Crippen LogP contribution in [0.2, 0.25) is 0 Å². The first-order chi connectivity index (χ1) is 6.00. The third kappa shape index (κ3) is 2830. The first kappa shape index (κ1) is 30.9. The van der Waals surface area contributed by atoms with Crippen LogP contribution in [-0.4, -0.2) is 0 Å². The van der Waals surface area contributed by atoms with Crippen LogP contribution in [-0.2, 0) is 97.8 Å². The van der Waals surface area contributed by atoms with E-state index in [9.17, 15) is 0 Å². The fourth-order valence-corrected chi connectivity index (χ4v) is 0. The topological polar surface area (TPSA) is 241 Å². The molecule has 105 valence electrons. The van der Waals surface area contributed by atoms with Gasteiger partial charge in [-0.1, -0.05) is 0 Å². The molecular weight excluding hydrogens is 461 g/mol. The summed E-state index contributed by atoms with van der Waals surface area (Å²) in [5, 5.41) is 0. The second kappa shape index (κ2) is 12.2. The van der Waals surface area contributed by atoms with Crippen LogP contribution in [0.1, 0.15) is 0 Å². The molecule has 0 spiro atoms. The van der Waals surface area contributed by atoms with Crippen molar-refractivity contribution < 1.29 is 123 Å². The SMILES string of the molecule is [Cr+3].[Cr+3].[O]=[Mn](=[O])([O-])[O-].[O]=[Mn](=[O])([O-])[O-].[O]=[Mn](=[O])([O-])[O-]. The first-order valence-electron chi connectivity index (χ1n) is 1.85. The van der Waals surface area contributed by atoms with Crippen molar-refractivity contribution in [2.75, 3.05) is 0 Å². The number of hydrogen-bond donors (Lipinski definition) is 0. The van der Waals surface area contributed by atoms with E-state index in [1.54, 1.807) is 0 Å². The summed E-state index contributed by atoms with van der Waals surface area (Å²) in [5.74, 6) is 0. The summed E-state index contributed by atoms with van der Waals surface area (Å²) in [7, 11) is 0. The Morgan fingerprint density at radius 1 is 0.412 bits per heavy atom. The molecule has 0 atom stereocenters. The minimum atomic E-state index is -5.62. The van der Waals surface area contributed by atoms with Crippen molar-refractivity contribution >= 4 is 0 Å². The van der Waals surface area contributed by atoms with Gasteiger partial charge in [0.2, 0.25) is 0 Å². The zero-order valence-electron chi connectivity index (χ0n) is 6.85. The van der Waals surface area contributed by atoms with Crippen molar-refractivity contribution in [3.63, 3.8) is 0 Å². The standard InChI is InChI=1S/2Cr.3Mn.12O/q2*+3;;;;;;;;;;6*-1. The molecule has 0 saturated carbocycles. The van der Waals surface area contributed by atoms with Crippen molar-refractivity contribution in [2.45, 2.75) is 0 Å². The van der Waals surface area contributed by atoms with Gasteiger partial charge in [0, 0.05) is 0 Å². The van der Waals surface area contributed by atoms with Crippen molar-refractivity contribution in [1.82, 2.24) is 0 Å². The average Bonchev–Trinajstić information content (AvgIpc) is 1.41. The van der Waals surface area contributed by atoms with E-state index in [1.807, 2.05) is 0 Å². The monoisotopic (exact) mass is 461 g/mol. The molecule has 2 radical (unpaired) electrons. The predicted octanol–water partition coefficient (Wildman–Crippen LogP) is -7.86. The molecule has 0 fully saturated rings. The molecule has 0 saturated heterocycles. The van der Waals surface area contributed by atoms with Crippen LogP contribution < -0.4 is 25.1 Å². The summed E-state index contributed by atoms with van der Waals surface area (Å²) in [6, 6.07) is 0. The fourth-order valence-electron chi connectivity index (χ4n) is 0. The maximum absolute atomic E-state index is 8.58. The maximum atomic E-state index is 8.58. The molecule has 0 heterocycles. The van der Waals surface area contributed by atoms with Gasteiger partial charge in [-0.05, 0) is 0 Å². The van der Waals surface area contributed by atoms with Gasteiger partial charge in [-0.25, -0.2) is 0 Å². The fraction of sp³-hybridized carbons (Fsp3) is 0. The van der Waals surface area contributed by atoms with Crippen LogP contribution in [0.25, 0.3) is 0 Å². The summed E-state index contributed by atoms with van der Waals surface area (Å²) in [6.45, 7) is 0. The molecule has 0 aromatic carbocycles. The number of rotatable bonds is 0. The molecule has 0 aromatic rings. The second-order valence-electron chi connectivity index (χ2n) is 1.13. The van der Waals surface area contributed by atoms with Crippen LogP contribution in [0.4, 0.5) is 0 Å². The molecule has 0 amide bonds. The van der Waals surface area contributed by atoms with Crippen LogP contribution in [0, 0.1) is 0 Å². The van der Waals surface area contributed by atoms with E-state index in [2.05, 4.69) is 0 Å². The van der Waals surface area contributed by atoms with Gasteiger partial charge >= 0.3 is 123 Å². The molecule has 0 bridgehead atoms. The van der Waals surface area contributed by atoms with Gasteiger partial charge < -0.3 is 0 Å². The molecule has 0 aliphatic rings. The van der Waals surface area contributed by atoms with E-state index in [1.165, 1.54) is 0 Å². The molecule has 12 nitrogen and oxygen atoms in total. The van der Waals surface area contributed by atoms with Gasteiger partial charge in [0.15, 0.2) is 0 Å². The second-order valence-corrected chi connectivity index (χ2v) is 4.68. The zero-order chi connectivity index (χ0) is 13.5. The molecule has 0 aliphatic heterocycles. The van der Waals surface area contributed by atoms with E-state index >= 15 is 0 Å². The first-order valence-corrected chi connectivity index (χ1v) is 7.63. The Kier molecular flexibility index (Phi) is 22.2. The van der Waals surface area contributed by atoms with Crippen LogP contribution >= 0.6 is 0 Å². The normalized spacial score (nSPS) is 10.2. The van der Waals surface area contributed by atoms with Crippen molar-refractivity contribution in [3.05, 3.63) is 0 Å².